The molecule has 0 fully saturated rings. The minimum Gasteiger partial charge on any atom is -0.493 e. The number of carbonyl (C=O) groups excluding carboxylic acids is 1. The van der Waals surface area contributed by atoms with Gasteiger partial charge in [-0.25, -0.2) is 8.78 Å². The van der Waals surface area contributed by atoms with E-state index in [-0.39, 0.29) is 24.3 Å². The van der Waals surface area contributed by atoms with Crippen LogP contribution in [0.3, 0.4) is 0 Å². The fourth-order valence-corrected chi connectivity index (χ4v) is 2.84. The van der Waals surface area contributed by atoms with Crippen molar-refractivity contribution in [3.63, 3.8) is 0 Å². The second-order valence-electron chi connectivity index (χ2n) is 6.25. The summed E-state index contributed by atoms with van der Waals surface area (Å²) >= 11 is 0. The average molecular weight is 392 g/mol. The van der Waals surface area contributed by atoms with Crippen molar-refractivity contribution in [1.29, 1.82) is 0 Å². The number of aryl methyl sites for hydroxylation is 2. The molecule has 0 saturated carbocycles. The minimum atomic E-state index is -2.65. The van der Waals surface area contributed by atoms with E-state index in [4.69, 9.17) is 14.2 Å². The number of esters is 1. The van der Waals surface area contributed by atoms with Crippen molar-refractivity contribution in [1.82, 2.24) is 0 Å². The van der Waals surface area contributed by atoms with Crippen LogP contribution in [0.25, 0.3) is 0 Å². The van der Waals surface area contributed by atoms with E-state index in [0.29, 0.717) is 30.1 Å². The van der Waals surface area contributed by atoms with Crippen molar-refractivity contribution in [2.24, 2.45) is 0 Å². The zero-order valence-corrected chi connectivity index (χ0v) is 16.7. The summed E-state index contributed by atoms with van der Waals surface area (Å²) in [6, 6.07) is 8.18. The lowest BCUT2D eigenvalue weighted by Gasteiger charge is -2.18. The molecule has 0 unspecified atom stereocenters. The summed E-state index contributed by atoms with van der Waals surface area (Å²) in [5.41, 5.74) is 2.10. The van der Waals surface area contributed by atoms with Gasteiger partial charge in [-0.15, -0.1) is 0 Å². The second-order valence-corrected chi connectivity index (χ2v) is 6.25. The van der Waals surface area contributed by atoms with Crippen LogP contribution in [0.5, 0.6) is 17.2 Å². The number of ether oxygens (including phenoxy) is 3. The Labute approximate surface area is 164 Å². The molecule has 2 aromatic carbocycles. The van der Waals surface area contributed by atoms with E-state index in [9.17, 15) is 13.6 Å². The molecule has 0 aromatic heterocycles. The molecule has 0 atom stereocenters. The second kappa shape index (κ2) is 10.1. The van der Waals surface area contributed by atoms with Crippen LogP contribution < -0.4 is 14.2 Å². The molecule has 6 heteroatoms. The molecule has 0 bridgehead atoms. The molecule has 0 aliphatic carbocycles. The standard InChI is InChI=1S/C22H26F2O4/c1-5-15-12-16(22(23)24)20(11-14(15)4)27-13-17-18(26-7-3)9-8-10-19(17)28-21(25)6-2/h8-12,22H,5-7,13H2,1-4H3. The highest BCUT2D eigenvalue weighted by Crippen LogP contribution is 2.35. The average Bonchev–Trinajstić information content (AvgIpc) is 2.67. The van der Waals surface area contributed by atoms with Gasteiger partial charge < -0.3 is 14.2 Å². The fourth-order valence-electron chi connectivity index (χ4n) is 2.84. The molecule has 0 saturated heterocycles. The van der Waals surface area contributed by atoms with E-state index in [2.05, 4.69) is 0 Å². The van der Waals surface area contributed by atoms with Crippen molar-refractivity contribution in [2.75, 3.05) is 6.61 Å². The Morgan fingerprint density at radius 2 is 1.75 bits per heavy atom. The first-order valence-electron chi connectivity index (χ1n) is 9.40. The molecule has 4 nitrogen and oxygen atoms in total. The van der Waals surface area contributed by atoms with Crippen LogP contribution in [0.1, 0.15) is 55.9 Å². The van der Waals surface area contributed by atoms with E-state index in [1.807, 2.05) is 20.8 Å². The third kappa shape index (κ3) is 5.21. The van der Waals surface area contributed by atoms with Gasteiger partial charge in [0.2, 0.25) is 0 Å². The number of carbonyl (C=O) groups is 1. The summed E-state index contributed by atoms with van der Waals surface area (Å²) in [5, 5.41) is 0. The normalized spacial score (nSPS) is 10.8. The van der Waals surface area contributed by atoms with E-state index >= 15 is 0 Å². The van der Waals surface area contributed by atoms with Gasteiger partial charge in [0.15, 0.2) is 0 Å². The van der Waals surface area contributed by atoms with Crippen molar-refractivity contribution in [3.05, 3.63) is 52.6 Å². The number of rotatable bonds is 9. The Kier molecular flexibility index (Phi) is 7.79. The third-order valence-corrected chi connectivity index (χ3v) is 4.36. The summed E-state index contributed by atoms with van der Waals surface area (Å²) in [6.45, 7) is 7.65. The third-order valence-electron chi connectivity index (χ3n) is 4.36. The van der Waals surface area contributed by atoms with Gasteiger partial charge in [-0.05, 0) is 55.7 Å². The molecule has 0 amide bonds. The quantitative estimate of drug-likeness (QED) is 0.400. The van der Waals surface area contributed by atoms with Gasteiger partial charge in [-0.1, -0.05) is 19.9 Å². The summed E-state index contributed by atoms with van der Waals surface area (Å²) in [6.07, 6.45) is -1.77. The predicted octanol–water partition coefficient (Wildman–Crippen LogP) is 5.79. The van der Waals surface area contributed by atoms with E-state index < -0.39 is 12.4 Å². The maximum atomic E-state index is 13.5. The predicted molar refractivity (Wildman–Crippen MR) is 103 cm³/mol. The van der Waals surface area contributed by atoms with Gasteiger partial charge in [0.25, 0.3) is 6.43 Å². The SMILES string of the molecule is CCOc1cccc(OC(=O)CC)c1COc1cc(C)c(CC)cc1C(F)F. The van der Waals surface area contributed by atoms with Crippen LogP contribution in [0.4, 0.5) is 8.78 Å². The largest absolute Gasteiger partial charge is 0.493 e. The number of halogens is 2. The summed E-state index contributed by atoms with van der Waals surface area (Å²) in [5.74, 6) is 0.512. The highest BCUT2D eigenvalue weighted by Gasteiger charge is 2.19. The molecule has 0 N–H and O–H groups in total. The van der Waals surface area contributed by atoms with Crippen LogP contribution in [-0.2, 0) is 17.8 Å². The minimum absolute atomic E-state index is 0.0624. The van der Waals surface area contributed by atoms with E-state index in [0.717, 1.165) is 11.1 Å². The van der Waals surface area contributed by atoms with Gasteiger partial charge in [0, 0.05) is 6.42 Å². The van der Waals surface area contributed by atoms with Crippen LogP contribution in [0, 0.1) is 6.92 Å². The smallest absolute Gasteiger partial charge is 0.310 e. The highest BCUT2D eigenvalue weighted by atomic mass is 19.3. The molecule has 0 spiro atoms. The monoisotopic (exact) mass is 392 g/mol. The van der Waals surface area contributed by atoms with Crippen molar-refractivity contribution in [2.45, 2.75) is 53.6 Å². The van der Waals surface area contributed by atoms with Gasteiger partial charge in [0.1, 0.15) is 23.9 Å². The fraction of sp³-hybridized carbons (Fsp3) is 0.409. The van der Waals surface area contributed by atoms with Crippen molar-refractivity contribution in [3.8, 4) is 17.2 Å². The first kappa shape index (κ1) is 21.7. The Hall–Kier alpha value is -2.63. The van der Waals surface area contributed by atoms with Crippen molar-refractivity contribution >= 4 is 5.97 Å². The Morgan fingerprint density at radius 1 is 1.04 bits per heavy atom. The van der Waals surface area contributed by atoms with Crippen LogP contribution in [0.2, 0.25) is 0 Å². The molecule has 28 heavy (non-hydrogen) atoms. The van der Waals surface area contributed by atoms with Crippen LogP contribution in [0.15, 0.2) is 30.3 Å². The molecular weight excluding hydrogens is 366 g/mol. The molecular formula is C22H26F2O4. The van der Waals surface area contributed by atoms with Gasteiger partial charge in [0.05, 0.1) is 17.7 Å². The van der Waals surface area contributed by atoms with Gasteiger partial charge in [-0.2, -0.15) is 0 Å². The molecule has 2 aromatic rings. The van der Waals surface area contributed by atoms with Gasteiger partial charge >= 0.3 is 5.97 Å². The molecule has 0 aliphatic heterocycles. The highest BCUT2D eigenvalue weighted by molar-refractivity contribution is 5.72. The lowest BCUT2D eigenvalue weighted by molar-refractivity contribution is -0.134. The number of hydrogen-bond acceptors (Lipinski definition) is 4. The summed E-state index contributed by atoms with van der Waals surface area (Å²) in [7, 11) is 0. The Balaban J connectivity index is 2.37. The lowest BCUT2D eigenvalue weighted by atomic mass is 10.0. The lowest BCUT2D eigenvalue weighted by Crippen LogP contribution is -2.10. The first-order chi connectivity index (χ1) is 13.4. The number of hydrogen-bond donors (Lipinski definition) is 0. The van der Waals surface area contributed by atoms with Crippen LogP contribution in [-0.4, -0.2) is 12.6 Å². The molecule has 0 heterocycles. The first-order valence-corrected chi connectivity index (χ1v) is 9.40. The number of benzene rings is 2. The summed E-state index contributed by atoms with van der Waals surface area (Å²) in [4.78, 5) is 11.7. The Morgan fingerprint density at radius 3 is 2.36 bits per heavy atom. The molecule has 152 valence electrons. The van der Waals surface area contributed by atoms with Crippen molar-refractivity contribution < 1.29 is 27.8 Å². The molecule has 0 aliphatic rings. The maximum absolute atomic E-state index is 13.5. The van der Waals surface area contributed by atoms with Gasteiger partial charge in [-0.3, -0.25) is 4.79 Å². The zero-order chi connectivity index (χ0) is 20.7. The van der Waals surface area contributed by atoms with E-state index in [1.165, 1.54) is 6.07 Å². The van der Waals surface area contributed by atoms with Crippen LogP contribution >= 0.6 is 0 Å². The number of alkyl halides is 2. The Bertz CT molecular complexity index is 818. The van der Waals surface area contributed by atoms with E-state index in [1.54, 1.807) is 31.2 Å². The zero-order valence-electron chi connectivity index (χ0n) is 16.7. The summed E-state index contributed by atoms with van der Waals surface area (Å²) < 4.78 is 43.8. The molecule has 2 rings (SSSR count). The molecule has 0 radical (unpaired) electrons. The maximum Gasteiger partial charge on any atom is 0.310 e. The topological polar surface area (TPSA) is 44.8 Å².